The van der Waals surface area contributed by atoms with Gasteiger partial charge < -0.3 is 0 Å². The van der Waals surface area contributed by atoms with E-state index in [0.717, 1.165) is 26.3 Å². The van der Waals surface area contributed by atoms with E-state index in [2.05, 4.69) is 12.1 Å². The van der Waals surface area contributed by atoms with Gasteiger partial charge in [-0.25, -0.2) is 0 Å². The second-order valence-electron chi connectivity index (χ2n) is 2.19. The van der Waals surface area contributed by atoms with E-state index in [9.17, 15) is 0 Å². The van der Waals surface area contributed by atoms with Crippen LogP contribution in [0.4, 0.5) is 0 Å². The third kappa shape index (κ3) is 0.850. The molecule has 0 fully saturated rings. The summed E-state index contributed by atoms with van der Waals surface area (Å²) in [4.78, 5) is 0. The minimum absolute atomic E-state index is 1.06. The monoisotopic (exact) mass is 238 g/mol. The van der Waals surface area contributed by atoms with Gasteiger partial charge in [-0.1, -0.05) is 0 Å². The molecule has 1 aromatic carbocycles. The van der Waals surface area contributed by atoms with E-state index >= 15 is 0 Å². The maximum absolute atomic E-state index is 5.27. The molecule has 0 spiro atoms. The molecule has 2 heteroatoms. The standard InChI is InChI=1S/C8H5O.Sn.H/c1-2-4-8-6-9-5-7(8)3-1;;/h1-5H;;. The molecule has 2 radical (unpaired) electrons. The van der Waals surface area contributed by atoms with Gasteiger partial charge >= 0.3 is 72.0 Å². The van der Waals surface area contributed by atoms with Crippen LogP contribution < -0.4 is 3.78 Å². The summed E-state index contributed by atoms with van der Waals surface area (Å²) in [6.45, 7) is 0. The van der Waals surface area contributed by atoms with E-state index in [4.69, 9.17) is 4.42 Å². The predicted octanol–water partition coefficient (Wildman–Crippen LogP) is 0.959. The molecule has 0 saturated heterocycles. The summed E-state index contributed by atoms with van der Waals surface area (Å²) < 4.78 is 6.40. The zero-order valence-corrected chi connectivity index (χ0v) is 8.67. The van der Waals surface area contributed by atoms with Gasteiger partial charge in [0.15, 0.2) is 0 Å². The molecule has 0 aliphatic carbocycles. The van der Waals surface area contributed by atoms with Crippen LogP contribution in [0.15, 0.2) is 34.9 Å². The van der Waals surface area contributed by atoms with Gasteiger partial charge in [-0.2, -0.15) is 0 Å². The van der Waals surface area contributed by atoms with E-state index in [1.54, 1.807) is 0 Å². The van der Waals surface area contributed by atoms with Crippen LogP contribution >= 0.6 is 0 Å². The molecule has 0 atom stereocenters. The molecular weight excluding hydrogens is 231 g/mol. The molecule has 0 aliphatic rings. The van der Waals surface area contributed by atoms with Gasteiger partial charge in [-0.15, -0.1) is 0 Å². The van der Waals surface area contributed by atoms with Gasteiger partial charge in [0, 0.05) is 0 Å². The molecule has 0 amide bonds. The van der Waals surface area contributed by atoms with Gasteiger partial charge in [-0.05, 0) is 0 Å². The summed E-state index contributed by atoms with van der Waals surface area (Å²) in [5, 5.41) is 2.48. The van der Waals surface area contributed by atoms with Gasteiger partial charge in [0.25, 0.3) is 0 Å². The summed E-state index contributed by atoms with van der Waals surface area (Å²) >= 11 is 1.06. The molecule has 1 heterocycles. The molecule has 0 aliphatic heterocycles. The second-order valence-corrected chi connectivity index (χ2v) is 3.68. The van der Waals surface area contributed by atoms with E-state index in [1.807, 2.05) is 18.4 Å². The topological polar surface area (TPSA) is 13.1 Å². The summed E-state index contributed by atoms with van der Waals surface area (Å²) in [7, 11) is 0. The van der Waals surface area contributed by atoms with Crippen molar-refractivity contribution in [1.29, 1.82) is 0 Å². The van der Waals surface area contributed by atoms with Crippen molar-refractivity contribution in [2.75, 3.05) is 0 Å². The SMILES string of the molecule is [SnH][c]1occ2ccccc12. The normalized spacial score (nSPS) is 10.5. The first-order valence-electron chi connectivity index (χ1n) is 3.09. The first-order chi connectivity index (χ1) is 4.88. The third-order valence-electron chi connectivity index (χ3n) is 1.54. The molecular formula is C8H6OSn. The first-order valence-corrected chi connectivity index (χ1v) is 4.74. The molecule has 2 aromatic rings. The van der Waals surface area contributed by atoms with Gasteiger partial charge in [0.1, 0.15) is 0 Å². The Morgan fingerprint density at radius 1 is 1.20 bits per heavy atom. The van der Waals surface area contributed by atoms with Crippen LogP contribution in [-0.2, 0) is 0 Å². The van der Waals surface area contributed by atoms with Gasteiger partial charge in [0.05, 0.1) is 0 Å². The van der Waals surface area contributed by atoms with Crippen molar-refractivity contribution in [2.45, 2.75) is 0 Å². The maximum atomic E-state index is 5.27. The Kier molecular flexibility index (Phi) is 1.45. The molecule has 0 bridgehead atoms. The van der Waals surface area contributed by atoms with Crippen molar-refractivity contribution in [2.24, 2.45) is 0 Å². The fourth-order valence-corrected chi connectivity index (χ4v) is 1.96. The number of rotatable bonds is 0. The molecule has 1 nitrogen and oxygen atoms in total. The van der Waals surface area contributed by atoms with Crippen LogP contribution in [0.25, 0.3) is 10.8 Å². The van der Waals surface area contributed by atoms with E-state index < -0.39 is 0 Å². The van der Waals surface area contributed by atoms with E-state index in [0.29, 0.717) is 0 Å². The second kappa shape index (κ2) is 2.31. The van der Waals surface area contributed by atoms with Crippen molar-refractivity contribution in [3.63, 3.8) is 0 Å². The number of benzene rings is 1. The number of fused-ring (bicyclic) bond motifs is 1. The third-order valence-corrected chi connectivity index (χ3v) is 2.82. The molecule has 48 valence electrons. The van der Waals surface area contributed by atoms with Crippen LogP contribution in [0, 0.1) is 0 Å². The fourth-order valence-electron chi connectivity index (χ4n) is 1.01. The Hall–Kier alpha value is -0.441. The van der Waals surface area contributed by atoms with E-state index in [1.165, 1.54) is 10.8 Å². The summed E-state index contributed by atoms with van der Waals surface area (Å²) in [5.74, 6) is 0. The molecule has 1 aromatic heterocycles. The van der Waals surface area contributed by atoms with E-state index in [-0.39, 0.29) is 0 Å². The average Bonchev–Trinajstić information content (AvgIpc) is 2.34. The molecule has 0 N–H and O–H groups in total. The summed E-state index contributed by atoms with van der Waals surface area (Å²) in [6.07, 6.45) is 1.81. The van der Waals surface area contributed by atoms with Crippen molar-refractivity contribution < 1.29 is 4.42 Å². The van der Waals surface area contributed by atoms with Crippen molar-refractivity contribution in [1.82, 2.24) is 0 Å². The predicted molar refractivity (Wildman–Crippen MR) is 43.0 cm³/mol. The number of hydrogen-bond acceptors (Lipinski definition) is 1. The Morgan fingerprint density at radius 2 is 2.00 bits per heavy atom. The number of furan rings is 1. The Balaban J connectivity index is 2.93. The Labute approximate surface area is 72.1 Å². The van der Waals surface area contributed by atoms with Gasteiger partial charge in [0.2, 0.25) is 0 Å². The van der Waals surface area contributed by atoms with Crippen LogP contribution in [0.1, 0.15) is 0 Å². The van der Waals surface area contributed by atoms with Crippen LogP contribution in [0.3, 0.4) is 0 Å². The van der Waals surface area contributed by atoms with Crippen molar-refractivity contribution in [3.8, 4) is 0 Å². The molecule has 0 unspecified atom stereocenters. The van der Waals surface area contributed by atoms with Crippen molar-refractivity contribution in [3.05, 3.63) is 30.5 Å². The average molecular weight is 237 g/mol. The van der Waals surface area contributed by atoms with Gasteiger partial charge in [-0.3, -0.25) is 0 Å². The Morgan fingerprint density at radius 3 is 2.80 bits per heavy atom. The van der Waals surface area contributed by atoms with Crippen molar-refractivity contribution >= 4 is 37.1 Å². The zero-order valence-electron chi connectivity index (χ0n) is 5.37. The van der Waals surface area contributed by atoms with Crippen LogP contribution in [-0.4, -0.2) is 22.5 Å². The molecule has 10 heavy (non-hydrogen) atoms. The molecule has 0 saturated carbocycles. The fraction of sp³-hybridized carbons (Fsp3) is 0. The van der Waals surface area contributed by atoms with Crippen LogP contribution in [0.2, 0.25) is 0 Å². The summed E-state index contributed by atoms with van der Waals surface area (Å²) in [6, 6.07) is 8.23. The number of hydrogen-bond donors (Lipinski definition) is 0. The first kappa shape index (κ1) is 6.28. The Bertz CT molecular complexity index is 351. The quantitative estimate of drug-likeness (QED) is 0.622. The molecule has 2 rings (SSSR count). The summed E-state index contributed by atoms with van der Waals surface area (Å²) in [5.41, 5.74) is 0. The zero-order chi connectivity index (χ0) is 6.97. The van der Waals surface area contributed by atoms with Crippen LogP contribution in [0.5, 0.6) is 0 Å². The minimum atomic E-state index is 1.06.